The van der Waals surface area contributed by atoms with Gasteiger partial charge in [0.1, 0.15) is 5.78 Å². The second-order valence-corrected chi connectivity index (χ2v) is 4.57. The van der Waals surface area contributed by atoms with Crippen molar-refractivity contribution in [1.29, 1.82) is 0 Å². The predicted octanol–water partition coefficient (Wildman–Crippen LogP) is 2.43. The minimum absolute atomic E-state index is 0.171. The summed E-state index contributed by atoms with van der Waals surface area (Å²) in [6.07, 6.45) is 5.77. The van der Waals surface area contributed by atoms with Crippen LogP contribution in [-0.4, -0.2) is 12.3 Å². The van der Waals surface area contributed by atoms with E-state index in [4.69, 9.17) is 5.73 Å². The van der Waals surface area contributed by atoms with E-state index in [9.17, 15) is 4.79 Å². The highest BCUT2D eigenvalue weighted by molar-refractivity contribution is 5.85. The zero-order valence-electron chi connectivity index (χ0n) is 9.14. The van der Waals surface area contributed by atoms with Gasteiger partial charge in [0.15, 0.2) is 0 Å². The fraction of sp³-hybridized carbons (Fsp3) is 0.750. The summed E-state index contributed by atoms with van der Waals surface area (Å²) < 4.78 is 0. The number of ketones is 1. The van der Waals surface area contributed by atoms with Crippen molar-refractivity contribution in [1.82, 2.24) is 0 Å². The summed E-state index contributed by atoms with van der Waals surface area (Å²) in [6, 6.07) is 0. The number of carbonyl (C=O) groups excluding carboxylic acids is 1. The van der Waals surface area contributed by atoms with Gasteiger partial charge in [0, 0.05) is 18.4 Å². The van der Waals surface area contributed by atoms with Crippen LogP contribution in [0.3, 0.4) is 0 Å². The Morgan fingerprint density at radius 1 is 1.36 bits per heavy atom. The minimum Gasteiger partial charge on any atom is -0.329 e. The summed E-state index contributed by atoms with van der Waals surface area (Å²) in [5.41, 5.74) is 6.65. The molecule has 2 N–H and O–H groups in total. The molecule has 0 aromatic heterocycles. The average Bonchev–Trinajstić information content (AvgIpc) is 2.63. The van der Waals surface area contributed by atoms with Crippen molar-refractivity contribution in [2.45, 2.75) is 45.4 Å². The van der Waals surface area contributed by atoms with Crippen molar-refractivity contribution in [2.24, 2.45) is 11.1 Å². The van der Waals surface area contributed by atoms with Crippen molar-refractivity contribution in [2.75, 3.05) is 6.54 Å². The number of rotatable bonds is 5. The summed E-state index contributed by atoms with van der Waals surface area (Å²) in [4.78, 5) is 12.0. The third-order valence-electron chi connectivity index (χ3n) is 3.32. The summed E-state index contributed by atoms with van der Waals surface area (Å²) in [5.74, 6) is 0.362. The van der Waals surface area contributed by atoms with Crippen molar-refractivity contribution >= 4 is 5.78 Å². The van der Waals surface area contributed by atoms with Gasteiger partial charge >= 0.3 is 0 Å². The van der Waals surface area contributed by atoms with Crippen molar-refractivity contribution in [3.63, 3.8) is 0 Å². The first-order valence-corrected chi connectivity index (χ1v) is 5.48. The second-order valence-electron chi connectivity index (χ2n) is 4.57. The van der Waals surface area contributed by atoms with Crippen LogP contribution in [0.5, 0.6) is 0 Å². The van der Waals surface area contributed by atoms with Crippen LogP contribution in [-0.2, 0) is 4.79 Å². The lowest BCUT2D eigenvalue weighted by molar-refractivity contribution is -0.128. The Labute approximate surface area is 86.6 Å². The molecule has 1 aliphatic rings. The van der Waals surface area contributed by atoms with Crippen molar-refractivity contribution in [3.05, 3.63) is 12.2 Å². The lowest BCUT2D eigenvalue weighted by Crippen LogP contribution is -2.35. The smallest absolute Gasteiger partial charge is 0.140 e. The molecule has 0 bridgehead atoms. The number of hydrogen-bond acceptors (Lipinski definition) is 2. The van der Waals surface area contributed by atoms with Gasteiger partial charge in [-0.15, -0.1) is 6.58 Å². The molecule has 2 nitrogen and oxygen atoms in total. The van der Waals surface area contributed by atoms with Crippen LogP contribution in [0.15, 0.2) is 12.2 Å². The van der Waals surface area contributed by atoms with Crippen LogP contribution in [0.25, 0.3) is 0 Å². The largest absolute Gasteiger partial charge is 0.329 e. The van der Waals surface area contributed by atoms with E-state index in [1.165, 1.54) is 0 Å². The number of allylic oxidation sites excluding steroid dienone is 1. The molecule has 1 aliphatic carbocycles. The number of carbonyl (C=O) groups is 1. The predicted molar refractivity (Wildman–Crippen MR) is 59.0 cm³/mol. The molecule has 0 radical (unpaired) electrons. The zero-order valence-corrected chi connectivity index (χ0v) is 9.14. The molecule has 14 heavy (non-hydrogen) atoms. The maximum Gasteiger partial charge on any atom is 0.140 e. The highest BCUT2D eigenvalue weighted by Gasteiger charge is 2.38. The molecule has 1 rings (SSSR count). The Morgan fingerprint density at radius 2 is 1.93 bits per heavy atom. The summed E-state index contributed by atoms with van der Waals surface area (Å²) in [7, 11) is 0. The Kier molecular flexibility index (Phi) is 3.87. The third kappa shape index (κ3) is 2.44. The molecule has 1 saturated carbocycles. The van der Waals surface area contributed by atoms with E-state index in [0.29, 0.717) is 18.7 Å². The SMILES string of the molecule is C=C(C)CCC(=O)C1(CN)CCCC1. The maximum absolute atomic E-state index is 12.0. The van der Waals surface area contributed by atoms with E-state index < -0.39 is 0 Å². The van der Waals surface area contributed by atoms with Crippen LogP contribution in [0.1, 0.15) is 45.4 Å². The first kappa shape index (κ1) is 11.4. The standard InChI is InChI=1S/C12H21NO/c1-10(2)5-6-11(14)12(9-13)7-3-4-8-12/h1,3-9,13H2,2H3. The van der Waals surface area contributed by atoms with Gasteiger partial charge in [0.2, 0.25) is 0 Å². The lowest BCUT2D eigenvalue weighted by atomic mass is 9.79. The normalized spacial score (nSPS) is 19.6. The van der Waals surface area contributed by atoms with E-state index in [0.717, 1.165) is 37.7 Å². The summed E-state index contributed by atoms with van der Waals surface area (Å²) in [6.45, 7) is 6.32. The van der Waals surface area contributed by atoms with E-state index in [-0.39, 0.29) is 5.41 Å². The van der Waals surface area contributed by atoms with Gasteiger partial charge in [0.05, 0.1) is 0 Å². The highest BCUT2D eigenvalue weighted by atomic mass is 16.1. The van der Waals surface area contributed by atoms with Crippen LogP contribution in [0.2, 0.25) is 0 Å². The van der Waals surface area contributed by atoms with Crippen LogP contribution >= 0.6 is 0 Å². The summed E-state index contributed by atoms with van der Waals surface area (Å²) >= 11 is 0. The zero-order chi connectivity index (χ0) is 10.6. The molecule has 0 aromatic carbocycles. The molecule has 0 spiro atoms. The molecule has 1 fully saturated rings. The molecule has 0 aromatic rings. The molecular formula is C12H21NO. The van der Waals surface area contributed by atoms with Crippen molar-refractivity contribution in [3.8, 4) is 0 Å². The van der Waals surface area contributed by atoms with Gasteiger partial charge in [-0.25, -0.2) is 0 Å². The fourth-order valence-corrected chi connectivity index (χ4v) is 2.24. The van der Waals surface area contributed by atoms with E-state index in [1.54, 1.807) is 0 Å². The number of nitrogens with two attached hydrogens (primary N) is 1. The fourth-order valence-electron chi connectivity index (χ4n) is 2.24. The molecule has 0 unspecified atom stereocenters. The first-order valence-electron chi connectivity index (χ1n) is 5.48. The van der Waals surface area contributed by atoms with E-state index in [1.807, 2.05) is 6.92 Å². The van der Waals surface area contributed by atoms with Gasteiger partial charge in [-0.1, -0.05) is 18.4 Å². The molecular weight excluding hydrogens is 174 g/mol. The molecule has 0 amide bonds. The molecule has 0 saturated heterocycles. The lowest BCUT2D eigenvalue weighted by Gasteiger charge is -2.25. The maximum atomic E-state index is 12.0. The molecule has 2 heteroatoms. The van der Waals surface area contributed by atoms with Gasteiger partial charge in [-0.2, -0.15) is 0 Å². The Balaban J connectivity index is 2.52. The molecule has 0 aliphatic heterocycles. The van der Waals surface area contributed by atoms with Crippen LogP contribution in [0.4, 0.5) is 0 Å². The second kappa shape index (κ2) is 4.74. The van der Waals surface area contributed by atoms with Gasteiger partial charge in [0.25, 0.3) is 0 Å². The molecule has 80 valence electrons. The van der Waals surface area contributed by atoms with Gasteiger partial charge in [-0.3, -0.25) is 4.79 Å². The number of hydrogen-bond donors (Lipinski definition) is 1. The highest BCUT2D eigenvalue weighted by Crippen LogP contribution is 2.39. The minimum atomic E-state index is -0.171. The summed E-state index contributed by atoms with van der Waals surface area (Å²) in [5, 5.41) is 0. The topological polar surface area (TPSA) is 43.1 Å². The monoisotopic (exact) mass is 195 g/mol. The Morgan fingerprint density at radius 3 is 2.36 bits per heavy atom. The number of Topliss-reactive ketones (excluding diaryl/α,β-unsaturated/α-hetero) is 1. The average molecular weight is 195 g/mol. The van der Waals surface area contributed by atoms with Gasteiger partial charge in [-0.05, 0) is 26.2 Å². The Bertz CT molecular complexity index is 226. The quantitative estimate of drug-likeness (QED) is 0.685. The molecule has 0 atom stereocenters. The van der Waals surface area contributed by atoms with E-state index in [2.05, 4.69) is 6.58 Å². The third-order valence-corrected chi connectivity index (χ3v) is 3.32. The van der Waals surface area contributed by atoms with Crippen LogP contribution < -0.4 is 5.73 Å². The molecule has 0 heterocycles. The van der Waals surface area contributed by atoms with E-state index >= 15 is 0 Å². The van der Waals surface area contributed by atoms with Crippen LogP contribution in [0, 0.1) is 5.41 Å². The first-order chi connectivity index (χ1) is 6.60. The Hall–Kier alpha value is -0.630. The van der Waals surface area contributed by atoms with Crippen molar-refractivity contribution < 1.29 is 4.79 Å². The van der Waals surface area contributed by atoms with Gasteiger partial charge < -0.3 is 5.73 Å².